The number of sulfonamides is 1. The molecule has 1 N–H and O–H groups in total. The molecule has 0 spiro atoms. The van der Waals surface area contributed by atoms with Gasteiger partial charge in [0.1, 0.15) is 11.6 Å². The van der Waals surface area contributed by atoms with Crippen molar-refractivity contribution in [3.63, 3.8) is 0 Å². The summed E-state index contributed by atoms with van der Waals surface area (Å²) >= 11 is 6.20. The van der Waals surface area contributed by atoms with Crippen LogP contribution in [0.2, 0.25) is 5.02 Å². The minimum absolute atomic E-state index is 0.0384. The molecule has 2 aromatic carbocycles. The van der Waals surface area contributed by atoms with E-state index >= 15 is 0 Å². The molecule has 0 amide bonds. The Morgan fingerprint density at radius 2 is 1.64 bits per heavy atom. The van der Waals surface area contributed by atoms with E-state index in [1.54, 1.807) is 25.1 Å². The lowest BCUT2D eigenvalue weighted by Gasteiger charge is -2.11. The minimum atomic E-state index is -3.84. The van der Waals surface area contributed by atoms with Gasteiger partial charge in [-0.15, -0.1) is 0 Å². The van der Waals surface area contributed by atoms with Crippen molar-refractivity contribution in [3.8, 4) is 11.1 Å². The summed E-state index contributed by atoms with van der Waals surface area (Å²) < 4.78 is 40.0. The van der Waals surface area contributed by atoms with Crippen molar-refractivity contribution in [2.45, 2.75) is 11.8 Å². The Bertz CT molecular complexity index is 1020. The number of hydrogen-bond donors (Lipinski definition) is 1. The van der Waals surface area contributed by atoms with Gasteiger partial charge >= 0.3 is 0 Å². The van der Waals surface area contributed by atoms with Gasteiger partial charge in [0.25, 0.3) is 10.0 Å². The van der Waals surface area contributed by atoms with Crippen LogP contribution in [0.3, 0.4) is 0 Å². The van der Waals surface area contributed by atoms with Gasteiger partial charge in [-0.2, -0.15) is 0 Å². The molecule has 0 radical (unpaired) electrons. The molecule has 7 heteroatoms. The molecule has 0 atom stereocenters. The molecule has 25 heavy (non-hydrogen) atoms. The van der Waals surface area contributed by atoms with E-state index in [-0.39, 0.29) is 10.7 Å². The zero-order valence-corrected chi connectivity index (χ0v) is 14.8. The number of benzene rings is 2. The number of anilines is 1. The van der Waals surface area contributed by atoms with Crippen molar-refractivity contribution in [1.29, 1.82) is 0 Å². The molecule has 3 aromatic rings. The van der Waals surface area contributed by atoms with Crippen LogP contribution >= 0.6 is 11.6 Å². The Labute approximate surface area is 150 Å². The fraction of sp³-hybridized carbons (Fsp3) is 0.0556. The summed E-state index contributed by atoms with van der Waals surface area (Å²) in [5.41, 5.74) is 2.27. The topological polar surface area (TPSA) is 59.1 Å². The van der Waals surface area contributed by atoms with Gasteiger partial charge in [-0.1, -0.05) is 29.8 Å². The third-order valence-corrected chi connectivity index (χ3v) is 5.31. The first-order chi connectivity index (χ1) is 11.9. The largest absolute Gasteiger partial charge is 0.263 e. The van der Waals surface area contributed by atoms with Crippen LogP contribution in [-0.4, -0.2) is 13.4 Å². The molecular formula is C18H14ClFN2O2S. The smallest absolute Gasteiger partial charge is 0.263 e. The zero-order chi connectivity index (χ0) is 18.0. The van der Waals surface area contributed by atoms with Crippen LogP contribution < -0.4 is 4.72 Å². The van der Waals surface area contributed by atoms with Crippen molar-refractivity contribution >= 4 is 27.4 Å². The van der Waals surface area contributed by atoms with Gasteiger partial charge in [-0.3, -0.25) is 4.72 Å². The highest BCUT2D eigenvalue weighted by atomic mass is 35.5. The normalized spacial score (nSPS) is 11.3. The van der Waals surface area contributed by atoms with E-state index in [0.717, 1.165) is 23.3 Å². The zero-order valence-electron chi connectivity index (χ0n) is 13.2. The van der Waals surface area contributed by atoms with Gasteiger partial charge in [-0.05, 0) is 49.4 Å². The number of nitrogens with zero attached hydrogens (tertiary/aromatic N) is 1. The predicted octanol–water partition coefficient (Wildman–Crippen LogP) is 4.65. The highest BCUT2D eigenvalue weighted by Gasteiger charge is 2.16. The van der Waals surface area contributed by atoms with Gasteiger partial charge in [0.2, 0.25) is 0 Å². The maximum Gasteiger partial charge on any atom is 0.263 e. The molecular weight excluding hydrogens is 363 g/mol. The number of hydrogen-bond acceptors (Lipinski definition) is 3. The van der Waals surface area contributed by atoms with Crippen LogP contribution in [-0.2, 0) is 10.0 Å². The maximum absolute atomic E-state index is 13.0. The lowest BCUT2D eigenvalue weighted by atomic mass is 10.0. The molecule has 0 unspecified atom stereocenters. The van der Waals surface area contributed by atoms with Gasteiger partial charge in [0, 0.05) is 21.8 Å². The Balaban J connectivity index is 1.91. The fourth-order valence-electron chi connectivity index (χ4n) is 2.39. The monoisotopic (exact) mass is 376 g/mol. The minimum Gasteiger partial charge on any atom is -0.263 e. The van der Waals surface area contributed by atoms with Crippen molar-refractivity contribution in [1.82, 2.24) is 4.98 Å². The first-order valence-corrected chi connectivity index (χ1v) is 9.24. The van der Waals surface area contributed by atoms with E-state index in [1.165, 1.54) is 12.1 Å². The second-order valence-corrected chi connectivity index (χ2v) is 7.46. The predicted molar refractivity (Wildman–Crippen MR) is 96.6 cm³/mol. The third kappa shape index (κ3) is 3.81. The second-order valence-electron chi connectivity index (χ2n) is 5.37. The summed E-state index contributed by atoms with van der Waals surface area (Å²) in [4.78, 5) is 4.26. The van der Waals surface area contributed by atoms with Crippen LogP contribution in [0, 0.1) is 12.7 Å². The Kier molecular flexibility index (Phi) is 4.74. The molecule has 1 heterocycles. The quantitative estimate of drug-likeness (QED) is 0.721. The fourth-order valence-corrected chi connectivity index (χ4v) is 3.63. The van der Waals surface area contributed by atoms with Crippen LogP contribution in [0.25, 0.3) is 11.1 Å². The SMILES string of the molecule is Cc1nc(NS(=O)(=O)c2ccc(F)cc2)ccc1-c1ccccc1Cl. The number of aryl methyl sites for hydroxylation is 1. The third-order valence-electron chi connectivity index (χ3n) is 3.61. The number of rotatable bonds is 4. The molecule has 0 aliphatic heterocycles. The van der Waals surface area contributed by atoms with E-state index in [9.17, 15) is 12.8 Å². The average molecular weight is 377 g/mol. The van der Waals surface area contributed by atoms with E-state index in [1.807, 2.05) is 18.2 Å². The molecule has 0 aliphatic rings. The first-order valence-electron chi connectivity index (χ1n) is 7.38. The lowest BCUT2D eigenvalue weighted by molar-refractivity contribution is 0.599. The molecule has 4 nitrogen and oxygen atoms in total. The Morgan fingerprint density at radius 3 is 2.28 bits per heavy atom. The maximum atomic E-state index is 13.0. The number of halogens is 2. The van der Waals surface area contributed by atoms with Crippen molar-refractivity contribution < 1.29 is 12.8 Å². The summed E-state index contributed by atoms with van der Waals surface area (Å²) in [6.45, 7) is 1.77. The Morgan fingerprint density at radius 1 is 0.960 bits per heavy atom. The summed E-state index contributed by atoms with van der Waals surface area (Å²) in [6.07, 6.45) is 0. The Hall–Kier alpha value is -2.44. The average Bonchev–Trinajstić information content (AvgIpc) is 2.56. The molecule has 0 aliphatic carbocycles. The van der Waals surface area contributed by atoms with E-state index in [0.29, 0.717) is 10.7 Å². The second kappa shape index (κ2) is 6.82. The highest BCUT2D eigenvalue weighted by Crippen LogP contribution is 2.30. The molecule has 0 saturated heterocycles. The standard InChI is InChI=1S/C18H14ClFN2O2S/c1-12-15(16-4-2-3-5-17(16)19)10-11-18(21-12)22-25(23,24)14-8-6-13(20)7-9-14/h2-11H,1H3,(H,21,22). The van der Waals surface area contributed by atoms with Crippen molar-refractivity contribution in [3.05, 3.63) is 77.2 Å². The van der Waals surface area contributed by atoms with E-state index in [2.05, 4.69) is 9.71 Å². The van der Waals surface area contributed by atoms with Gasteiger partial charge < -0.3 is 0 Å². The molecule has 0 fully saturated rings. The number of pyridine rings is 1. The summed E-state index contributed by atoms with van der Waals surface area (Å²) in [6, 6.07) is 15.2. The molecule has 3 rings (SSSR count). The van der Waals surface area contributed by atoms with Crippen LogP contribution in [0.5, 0.6) is 0 Å². The van der Waals surface area contributed by atoms with E-state index < -0.39 is 15.8 Å². The number of nitrogens with one attached hydrogen (secondary N) is 1. The summed E-state index contributed by atoms with van der Waals surface area (Å²) in [5.74, 6) is -0.324. The first kappa shape index (κ1) is 17.4. The summed E-state index contributed by atoms with van der Waals surface area (Å²) in [7, 11) is -3.84. The van der Waals surface area contributed by atoms with Gasteiger partial charge in [-0.25, -0.2) is 17.8 Å². The van der Waals surface area contributed by atoms with Crippen LogP contribution in [0.4, 0.5) is 10.2 Å². The van der Waals surface area contributed by atoms with Gasteiger partial charge in [0.15, 0.2) is 0 Å². The van der Waals surface area contributed by atoms with Crippen molar-refractivity contribution in [2.75, 3.05) is 4.72 Å². The molecule has 0 saturated carbocycles. The van der Waals surface area contributed by atoms with Crippen molar-refractivity contribution in [2.24, 2.45) is 0 Å². The lowest BCUT2D eigenvalue weighted by Crippen LogP contribution is -2.14. The van der Waals surface area contributed by atoms with Gasteiger partial charge in [0.05, 0.1) is 4.90 Å². The highest BCUT2D eigenvalue weighted by molar-refractivity contribution is 7.92. The summed E-state index contributed by atoms with van der Waals surface area (Å²) in [5, 5.41) is 0.590. The van der Waals surface area contributed by atoms with Crippen LogP contribution in [0.1, 0.15) is 5.69 Å². The number of aromatic nitrogens is 1. The van der Waals surface area contributed by atoms with E-state index in [4.69, 9.17) is 11.6 Å². The molecule has 128 valence electrons. The van der Waals surface area contributed by atoms with Crippen LogP contribution in [0.15, 0.2) is 65.6 Å². The molecule has 1 aromatic heterocycles. The molecule has 0 bridgehead atoms.